The van der Waals surface area contributed by atoms with Gasteiger partial charge in [-0.2, -0.15) is 0 Å². The van der Waals surface area contributed by atoms with E-state index in [2.05, 4.69) is 42.1 Å². The average Bonchev–Trinajstić information content (AvgIpc) is 1.96. The summed E-state index contributed by atoms with van der Waals surface area (Å²) in [4.78, 5) is 9.16. The fourth-order valence-corrected chi connectivity index (χ4v) is 1.84. The standard InChI is InChI=1S/C12H19N3/c1-8(2)4-11-5-9(3)14-12(15-11)10-6-13-7-10/h5,8,10,13H,4,6-7H2,1-3H3. The van der Waals surface area contributed by atoms with E-state index in [1.807, 2.05) is 0 Å². The minimum Gasteiger partial charge on any atom is -0.315 e. The lowest BCUT2D eigenvalue weighted by molar-refractivity contribution is 0.427. The molecule has 0 radical (unpaired) electrons. The lowest BCUT2D eigenvalue weighted by Gasteiger charge is -2.26. The van der Waals surface area contributed by atoms with Gasteiger partial charge in [0.05, 0.1) is 0 Å². The van der Waals surface area contributed by atoms with Gasteiger partial charge in [0.2, 0.25) is 0 Å². The molecular weight excluding hydrogens is 186 g/mol. The van der Waals surface area contributed by atoms with Crippen LogP contribution in [0.5, 0.6) is 0 Å². The van der Waals surface area contributed by atoms with Crippen molar-refractivity contribution >= 4 is 0 Å². The molecule has 1 aliphatic rings. The van der Waals surface area contributed by atoms with E-state index in [4.69, 9.17) is 0 Å². The molecule has 0 bridgehead atoms. The Kier molecular flexibility index (Phi) is 3.00. The zero-order valence-electron chi connectivity index (χ0n) is 9.75. The molecule has 0 unspecified atom stereocenters. The van der Waals surface area contributed by atoms with Crippen LogP contribution in [0.3, 0.4) is 0 Å². The van der Waals surface area contributed by atoms with Crippen molar-refractivity contribution in [3.05, 3.63) is 23.3 Å². The average molecular weight is 205 g/mol. The van der Waals surface area contributed by atoms with E-state index >= 15 is 0 Å². The molecule has 1 saturated heterocycles. The number of hydrogen-bond donors (Lipinski definition) is 1. The lowest BCUT2D eigenvalue weighted by atomic mass is 10.0. The van der Waals surface area contributed by atoms with Gasteiger partial charge < -0.3 is 5.32 Å². The molecule has 0 atom stereocenters. The molecule has 1 fully saturated rings. The van der Waals surface area contributed by atoms with Crippen LogP contribution in [-0.2, 0) is 6.42 Å². The smallest absolute Gasteiger partial charge is 0.134 e. The Morgan fingerprint density at radius 2 is 2.13 bits per heavy atom. The van der Waals surface area contributed by atoms with Crippen molar-refractivity contribution in [1.82, 2.24) is 15.3 Å². The number of nitrogens with zero attached hydrogens (tertiary/aromatic N) is 2. The maximum Gasteiger partial charge on any atom is 0.134 e. The summed E-state index contributed by atoms with van der Waals surface area (Å²) in [5, 5.41) is 3.26. The van der Waals surface area contributed by atoms with Crippen molar-refractivity contribution in [3.8, 4) is 0 Å². The Bertz CT molecular complexity index is 343. The second kappa shape index (κ2) is 4.27. The third-order valence-corrected chi connectivity index (χ3v) is 2.69. The number of nitrogens with one attached hydrogen (secondary N) is 1. The van der Waals surface area contributed by atoms with Crippen LogP contribution in [0, 0.1) is 12.8 Å². The van der Waals surface area contributed by atoms with Gasteiger partial charge >= 0.3 is 0 Å². The summed E-state index contributed by atoms with van der Waals surface area (Å²) in [7, 11) is 0. The highest BCUT2D eigenvalue weighted by Crippen LogP contribution is 2.17. The number of aryl methyl sites for hydroxylation is 1. The molecule has 1 N–H and O–H groups in total. The van der Waals surface area contributed by atoms with E-state index in [0.717, 1.165) is 31.0 Å². The molecule has 82 valence electrons. The fraction of sp³-hybridized carbons (Fsp3) is 0.667. The monoisotopic (exact) mass is 205 g/mol. The highest BCUT2D eigenvalue weighted by atomic mass is 15.0. The molecule has 0 aromatic carbocycles. The molecular formula is C12H19N3. The zero-order valence-corrected chi connectivity index (χ0v) is 9.75. The summed E-state index contributed by atoms with van der Waals surface area (Å²) < 4.78 is 0. The van der Waals surface area contributed by atoms with E-state index in [-0.39, 0.29) is 0 Å². The van der Waals surface area contributed by atoms with Gasteiger partial charge in [-0.25, -0.2) is 9.97 Å². The van der Waals surface area contributed by atoms with Gasteiger partial charge in [-0.05, 0) is 25.3 Å². The Hall–Kier alpha value is -0.960. The molecule has 0 aliphatic carbocycles. The predicted octanol–water partition coefficient (Wildman–Crippen LogP) is 1.67. The summed E-state index contributed by atoms with van der Waals surface area (Å²) in [5.74, 6) is 2.23. The second-order valence-corrected chi connectivity index (χ2v) is 4.81. The Morgan fingerprint density at radius 1 is 1.40 bits per heavy atom. The molecule has 0 saturated carbocycles. The Balaban J connectivity index is 2.19. The molecule has 1 aromatic rings. The van der Waals surface area contributed by atoms with Crippen LogP contribution in [-0.4, -0.2) is 23.1 Å². The first-order valence-electron chi connectivity index (χ1n) is 5.70. The maximum absolute atomic E-state index is 4.64. The van der Waals surface area contributed by atoms with Crippen molar-refractivity contribution < 1.29 is 0 Å². The van der Waals surface area contributed by atoms with E-state index in [9.17, 15) is 0 Å². The van der Waals surface area contributed by atoms with Crippen molar-refractivity contribution in [3.63, 3.8) is 0 Å². The first kappa shape index (κ1) is 10.6. The Morgan fingerprint density at radius 3 is 2.67 bits per heavy atom. The van der Waals surface area contributed by atoms with Crippen LogP contribution in [0.15, 0.2) is 6.07 Å². The summed E-state index contributed by atoms with van der Waals surface area (Å²) in [6.07, 6.45) is 1.05. The van der Waals surface area contributed by atoms with Crippen molar-refractivity contribution in [1.29, 1.82) is 0 Å². The first-order chi connectivity index (χ1) is 7.15. The molecule has 2 heterocycles. The minimum atomic E-state index is 0.538. The highest BCUT2D eigenvalue weighted by Gasteiger charge is 2.22. The number of aromatic nitrogens is 2. The van der Waals surface area contributed by atoms with Crippen molar-refractivity contribution in [2.24, 2.45) is 5.92 Å². The normalized spacial score (nSPS) is 16.8. The number of hydrogen-bond acceptors (Lipinski definition) is 3. The minimum absolute atomic E-state index is 0.538. The highest BCUT2D eigenvalue weighted by molar-refractivity contribution is 5.14. The first-order valence-corrected chi connectivity index (χ1v) is 5.70. The lowest BCUT2D eigenvalue weighted by Crippen LogP contribution is -2.41. The molecule has 1 aromatic heterocycles. The molecule has 15 heavy (non-hydrogen) atoms. The van der Waals surface area contributed by atoms with E-state index in [0.29, 0.717) is 11.8 Å². The van der Waals surface area contributed by atoms with Crippen LogP contribution < -0.4 is 5.32 Å². The molecule has 3 heteroatoms. The summed E-state index contributed by atoms with van der Waals surface area (Å²) in [6, 6.07) is 2.11. The van der Waals surface area contributed by atoms with E-state index in [1.54, 1.807) is 0 Å². The Labute approximate surface area is 91.3 Å². The molecule has 1 aliphatic heterocycles. The quantitative estimate of drug-likeness (QED) is 0.815. The van der Waals surface area contributed by atoms with Gasteiger partial charge in [0.1, 0.15) is 5.82 Å². The summed E-state index contributed by atoms with van der Waals surface area (Å²) in [6.45, 7) is 8.57. The van der Waals surface area contributed by atoms with Gasteiger partial charge in [-0.1, -0.05) is 13.8 Å². The van der Waals surface area contributed by atoms with Crippen LogP contribution in [0.1, 0.15) is 37.0 Å². The SMILES string of the molecule is Cc1cc(CC(C)C)nc(C2CNC2)n1. The van der Waals surface area contributed by atoms with Crippen LogP contribution in [0.2, 0.25) is 0 Å². The summed E-state index contributed by atoms with van der Waals surface area (Å²) in [5.41, 5.74) is 2.29. The summed E-state index contributed by atoms with van der Waals surface area (Å²) >= 11 is 0. The molecule has 0 spiro atoms. The largest absolute Gasteiger partial charge is 0.315 e. The van der Waals surface area contributed by atoms with Gasteiger partial charge in [0.25, 0.3) is 0 Å². The molecule has 3 nitrogen and oxygen atoms in total. The molecule has 0 amide bonds. The predicted molar refractivity (Wildman–Crippen MR) is 60.9 cm³/mol. The second-order valence-electron chi connectivity index (χ2n) is 4.81. The van der Waals surface area contributed by atoms with Gasteiger partial charge in [0.15, 0.2) is 0 Å². The van der Waals surface area contributed by atoms with Gasteiger partial charge in [-0.15, -0.1) is 0 Å². The van der Waals surface area contributed by atoms with Crippen LogP contribution in [0.4, 0.5) is 0 Å². The van der Waals surface area contributed by atoms with Gasteiger partial charge in [0, 0.05) is 30.4 Å². The van der Waals surface area contributed by atoms with Crippen LogP contribution in [0.25, 0.3) is 0 Å². The zero-order chi connectivity index (χ0) is 10.8. The topological polar surface area (TPSA) is 37.8 Å². The molecule has 2 rings (SSSR count). The fourth-order valence-electron chi connectivity index (χ4n) is 1.84. The van der Waals surface area contributed by atoms with E-state index in [1.165, 1.54) is 5.69 Å². The van der Waals surface area contributed by atoms with Crippen LogP contribution >= 0.6 is 0 Å². The van der Waals surface area contributed by atoms with E-state index < -0.39 is 0 Å². The third-order valence-electron chi connectivity index (χ3n) is 2.69. The van der Waals surface area contributed by atoms with Crippen molar-refractivity contribution in [2.75, 3.05) is 13.1 Å². The van der Waals surface area contributed by atoms with Crippen molar-refractivity contribution in [2.45, 2.75) is 33.1 Å². The maximum atomic E-state index is 4.64. The van der Waals surface area contributed by atoms with Gasteiger partial charge in [-0.3, -0.25) is 0 Å². The number of rotatable bonds is 3. The third kappa shape index (κ3) is 2.53.